The number of benzene rings is 1. The molecule has 2 rings (SSSR count). The van der Waals surface area contributed by atoms with E-state index in [0.29, 0.717) is 38.0 Å². The number of amides is 2. The first kappa shape index (κ1) is 21.4. The van der Waals surface area contributed by atoms with Crippen molar-refractivity contribution < 1.29 is 14.0 Å². The Morgan fingerprint density at radius 3 is 2.56 bits per heavy atom. The third kappa shape index (κ3) is 5.97. The van der Waals surface area contributed by atoms with E-state index in [4.69, 9.17) is 5.73 Å². The van der Waals surface area contributed by atoms with Crippen molar-refractivity contribution in [1.29, 1.82) is 0 Å². The zero-order valence-electron chi connectivity index (χ0n) is 14.8. The van der Waals surface area contributed by atoms with Crippen LogP contribution in [0.2, 0.25) is 0 Å². The third-order valence-corrected chi connectivity index (χ3v) is 4.62. The Balaban J connectivity index is 0.00000312. The molecular formula is C18H27ClFN3O2. The van der Waals surface area contributed by atoms with E-state index < -0.39 is 0 Å². The van der Waals surface area contributed by atoms with Crippen molar-refractivity contribution >= 4 is 24.2 Å². The van der Waals surface area contributed by atoms with Crippen LogP contribution in [0.5, 0.6) is 0 Å². The van der Waals surface area contributed by atoms with Crippen LogP contribution in [0, 0.1) is 11.2 Å². The highest BCUT2D eigenvalue weighted by Crippen LogP contribution is 2.28. The highest BCUT2D eigenvalue weighted by molar-refractivity contribution is 5.94. The van der Waals surface area contributed by atoms with E-state index in [-0.39, 0.29) is 41.5 Å². The van der Waals surface area contributed by atoms with Crippen molar-refractivity contribution in [1.82, 2.24) is 10.2 Å². The number of carbonyl (C=O) groups excluding carboxylic acids is 2. The summed E-state index contributed by atoms with van der Waals surface area (Å²) in [6.07, 6.45) is 1.80. The van der Waals surface area contributed by atoms with E-state index in [2.05, 4.69) is 19.2 Å². The van der Waals surface area contributed by atoms with Gasteiger partial charge in [-0.05, 0) is 42.5 Å². The van der Waals surface area contributed by atoms with Crippen LogP contribution in [0.3, 0.4) is 0 Å². The molecule has 1 aromatic carbocycles. The summed E-state index contributed by atoms with van der Waals surface area (Å²) in [6, 6.07) is 5.50. The molecule has 1 heterocycles. The molecule has 0 radical (unpaired) electrons. The van der Waals surface area contributed by atoms with E-state index in [0.717, 1.165) is 6.42 Å². The fourth-order valence-electron chi connectivity index (χ4n) is 2.89. The SMILES string of the molecule is CC1(C)CN(C(=O)CCCNC(=O)c2ccc(F)cc2)CCC1N.Cl. The van der Waals surface area contributed by atoms with E-state index in [1.165, 1.54) is 24.3 Å². The predicted octanol–water partition coefficient (Wildman–Crippen LogP) is 2.34. The molecule has 0 saturated carbocycles. The van der Waals surface area contributed by atoms with Crippen molar-refractivity contribution in [2.24, 2.45) is 11.1 Å². The number of rotatable bonds is 5. The first-order valence-corrected chi connectivity index (χ1v) is 8.37. The number of hydrogen-bond acceptors (Lipinski definition) is 3. The van der Waals surface area contributed by atoms with Crippen molar-refractivity contribution in [3.05, 3.63) is 35.6 Å². The Hall–Kier alpha value is -1.66. The van der Waals surface area contributed by atoms with Crippen LogP contribution < -0.4 is 11.1 Å². The molecule has 1 unspecified atom stereocenters. The number of nitrogens with zero attached hydrogens (tertiary/aromatic N) is 1. The predicted molar refractivity (Wildman–Crippen MR) is 98.2 cm³/mol. The number of piperidine rings is 1. The summed E-state index contributed by atoms with van der Waals surface area (Å²) in [6.45, 7) is 5.96. The van der Waals surface area contributed by atoms with Gasteiger partial charge in [0, 0.05) is 37.7 Å². The Bertz CT molecular complexity index is 592. The van der Waals surface area contributed by atoms with Gasteiger partial charge in [-0.15, -0.1) is 12.4 Å². The van der Waals surface area contributed by atoms with Gasteiger partial charge in [0.05, 0.1) is 0 Å². The smallest absolute Gasteiger partial charge is 0.251 e. The number of halogens is 2. The summed E-state index contributed by atoms with van der Waals surface area (Å²) in [4.78, 5) is 26.0. The molecular weight excluding hydrogens is 345 g/mol. The quantitative estimate of drug-likeness (QED) is 0.780. The molecule has 0 bridgehead atoms. The fraction of sp³-hybridized carbons (Fsp3) is 0.556. The maximum Gasteiger partial charge on any atom is 0.251 e. The van der Waals surface area contributed by atoms with E-state index >= 15 is 0 Å². The summed E-state index contributed by atoms with van der Waals surface area (Å²) in [5.74, 6) is -0.528. The molecule has 1 fully saturated rings. The topological polar surface area (TPSA) is 75.4 Å². The molecule has 0 spiro atoms. The van der Waals surface area contributed by atoms with Gasteiger partial charge in [0.25, 0.3) is 5.91 Å². The van der Waals surface area contributed by atoms with Crippen LogP contribution in [-0.4, -0.2) is 42.4 Å². The summed E-state index contributed by atoms with van der Waals surface area (Å²) >= 11 is 0. The standard InChI is InChI=1S/C18H26FN3O2.ClH/c1-18(2)12-22(11-9-15(18)20)16(23)4-3-10-21-17(24)13-5-7-14(19)8-6-13;/h5-8,15H,3-4,9-12,20H2,1-2H3,(H,21,24);1H. The normalized spacial score (nSPS) is 19.0. The van der Waals surface area contributed by atoms with Gasteiger partial charge in [-0.2, -0.15) is 0 Å². The lowest BCUT2D eigenvalue weighted by Crippen LogP contribution is -2.54. The van der Waals surface area contributed by atoms with Gasteiger partial charge in [0.2, 0.25) is 5.91 Å². The second-order valence-electron chi connectivity index (χ2n) is 7.07. The number of carbonyl (C=O) groups is 2. The van der Waals surface area contributed by atoms with Gasteiger partial charge < -0.3 is 16.0 Å². The molecule has 1 atom stereocenters. The number of nitrogens with one attached hydrogen (secondary N) is 1. The van der Waals surface area contributed by atoms with Crippen molar-refractivity contribution in [2.75, 3.05) is 19.6 Å². The van der Waals surface area contributed by atoms with Crippen molar-refractivity contribution in [2.45, 2.75) is 39.2 Å². The highest BCUT2D eigenvalue weighted by Gasteiger charge is 2.34. The number of likely N-dealkylation sites (tertiary alicyclic amines) is 1. The van der Waals surface area contributed by atoms with Crippen LogP contribution in [0.4, 0.5) is 4.39 Å². The molecule has 1 aromatic rings. The van der Waals surface area contributed by atoms with E-state index in [1.54, 1.807) is 0 Å². The van der Waals surface area contributed by atoms with Crippen molar-refractivity contribution in [3.63, 3.8) is 0 Å². The fourth-order valence-corrected chi connectivity index (χ4v) is 2.89. The molecule has 3 N–H and O–H groups in total. The van der Waals surface area contributed by atoms with Crippen LogP contribution in [0.1, 0.15) is 43.5 Å². The van der Waals surface area contributed by atoms with Gasteiger partial charge >= 0.3 is 0 Å². The van der Waals surface area contributed by atoms with Gasteiger partial charge in [-0.1, -0.05) is 13.8 Å². The summed E-state index contributed by atoms with van der Waals surface area (Å²) in [7, 11) is 0. The molecule has 1 saturated heterocycles. The van der Waals surface area contributed by atoms with E-state index in [9.17, 15) is 14.0 Å². The molecule has 1 aliphatic heterocycles. The Morgan fingerprint density at radius 1 is 1.32 bits per heavy atom. The second-order valence-corrected chi connectivity index (χ2v) is 7.07. The lowest BCUT2D eigenvalue weighted by atomic mass is 9.79. The van der Waals surface area contributed by atoms with Crippen molar-refractivity contribution in [3.8, 4) is 0 Å². The van der Waals surface area contributed by atoms with Crippen LogP contribution in [-0.2, 0) is 4.79 Å². The van der Waals surface area contributed by atoms with Gasteiger partial charge in [-0.3, -0.25) is 9.59 Å². The molecule has 140 valence electrons. The number of nitrogens with two attached hydrogens (primary N) is 1. The molecule has 5 nitrogen and oxygen atoms in total. The monoisotopic (exact) mass is 371 g/mol. The van der Waals surface area contributed by atoms with Gasteiger partial charge in [0.1, 0.15) is 5.82 Å². The largest absolute Gasteiger partial charge is 0.352 e. The lowest BCUT2D eigenvalue weighted by Gasteiger charge is -2.42. The zero-order valence-corrected chi connectivity index (χ0v) is 15.6. The average molecular weight is 372 g/mol. The number of hydrogen-bond donors (Lipinski definition) is 2. The molecule has 2 amide bonds. The average Bonchev–Trinajstić information content (AvgIpc) is 2.54. The first-order valence-electron chi connectivity index (χ1n) is 8.37. The molecule has 7 heteroatoms. The lowest BCUT2D eigenvalue weighted by molar-refractivity contribution is -0.134. The minimum Gasteiger partial charge on any atom is -0.352 e. The molecule has 0 aromatic heterocycles. The Kier molecular flexibility index (Phi) is 7.83. The first-order chi connectivity index (χ1) is 11.3. The summed E-state index contributed by atoms with van der Waals surface area (Å²) < 4.78 is 12.8. The Morgan fingerprint density at radius 2 is 1.96 bits per heavy atom. The highest BCUT2D eigenvalue weighted by atomic mass is 35.5. The maximum absolute atomic E-state index is 12.8. The summed E-state index contributed by atoms with van der Waals surface area (Å²) in [5.41, 5.74) is 6.43. The Labute approximate surface area is 154 Å². The van der Waals surface area contributed by atoms with Gasteiger partial charge in [0.15, 0.2) is 0 Å². The second kappa shape index (κ2) is 9.15. The minimum absolute atomic E-state index is 0. The van der Waals surface area contributed by atoms with Crippen LogP contribution in [0.15, 0.2) is 24.3 Å². The van der Waals surface area contributed by atoms with Gasteiger partial charge in [-0.25, -0.2) is 4.39 Å². The molecule has 25 heavy (non-hydrogen) atoms. The zero-order chi connectivity index (χ0) is 17.7. The van der Waals surface area contributed by atoms with Crippen LogP contribution in [0.25, 0.3) is 0 Å². The maximum atomic E-state index is 12.8. The minimum atomic E-state index is -0.374. The summed E-state index contributed by atoms with van der Waals surface area (Å²) in [5, 5.41) is 2.75. The third-order valence-electron chi connectivity index (χ3n) is 4.62. The van der Waals surface area contributed by atoms with E-state index in [1.807, 2.05) is 4.90 Å². The molecule has 0 aliphatic carbocycles. The van der Waals surface area contributed by atoms with Crippen LogP contribution >= 0.6 is 12.4 Å². The molecule has 1 aliphatic rings.